The number of rotatable bonds is 2. The summed E-state index contributed by atoms with van der Waals surface area (Å²) >= 11 is 0. The number of carbonyl (C=O) groups is 1. The van der Waals surface area contributed by atoms with Gasteiger partial charge in [-0.2, -0.15) is 0 Å². The molecule has 0 saturated carbocycles. The molecule has 0 aliphatic heterocycles. The summed E-state index contributed by atoms with van der Waals surface area (Å²) in [4.78, 5) is 15.4. The molecule has 3 nitrogen and oxygen atoms in total. The number of para-hydroxylation sites is 1. The van der Waals surface area contributed by atoms with Crippen molar-refractivity contribution in [1.29, 1.82) is 0 Å². The van der Waals surface area contributed by atoms with Crippen LogP contribution in [-0.2, 0) is 11.2 Å². The van der Waals surface area contributed by atoms with Crippen LogP contribution in [0.1, 0.15) is 44.0 Å². The van der Waals surface area contributed by atoms with E-state index in [1.165, 1.54) is 22.2 Å². The number of hydrogen-bond donors (Lipinski definition) is 2. The summed E-state index contributed by atoms with van der Waals surface area (Å²) in [7, 11) is 0. The number of aromatic amines is 1. The smallest absolute Gasteiger partial charge is 0.223 e. The Bertz CT molecular complexity index is 612. The highest BCUT2D eigenvalue weighted by atomic mass is 16.1. The molecule has 1 aliphatic carbocycles. The lowest BCUT2D eigenvalue weighted by Crippen LogP contribution is -2.33. The number of carbonyl (C=O) groups excluding carboxylic acids is 1. The lowest BCUT2D eigenvalue weighted by molar-refractivity contribution is -0.124. The molecule has 2 aromatic rings. The number of benzene rings is 1. The number of nitrogens with one attached hydrogen (secondary N) is 2. The van der Waals surface area contributed by atoms with Gasteiger partial charge in [-0.3, -0.25) is 4.79 Å². The highest BCUT2D eigenvalue weighted by Gasteiger charge is 2.25. The Balaban J connectivity index is 1.98. The molecule has 0 bridgehead atoms. The van der Waals surface area contributed by atoms with Crippen molar-refractivity contribution in [1.82, 2.24) is 10.3 Å². The van der Waals surface area contributed by atoms with Crippen LogP contribution in [0.15, 0.2) is 24.3 Å². The molecule has 1 aromatic heterocycles. The standard InChI is InChI=1S/C16H20N2O/c1-10(2)16(19)18-14-9-5-7-12-11-6-3-4-8-13(11)17-15(12)14/h3-4,6,8,10,14,17H,5,7,9H2,1-2H3,(H,18,19). The van der Waals surface area contributed by atoms with Crippen LogP contribution >= 0.6 is 0 Å². The molecule has 0 radical (unpaired) electrons. The normalized spacial score (nSPS) is 18.6. The van der Waals surface area contributed by atoms with Gasteiger partial charge in [0.1, 0.15) is 0 Å². The third-order valence-corrected chi connectivity index (χ3v) is 3.96. The van der Waals surface area contributed by atoms with Gasteiger partial charge in [0, 0.05) is 22.5 Å². The predicted molar refractivity (Wildman–Crippen MR) is 77.0 cm³/mol. The van der Waals surface area contributed by atoms with Gasteiger partial charge in [-0.05, 0) is 30.9 Å². The minimum Gasteiger partial charge on any atom is -0.356 e. The second-order valence-corrected chi connectivity index (χ2v) is 5.67. The van der Waals surface area contributed by atoms with Gasteiger partial charge in [0.25, 0.3) is 0 Å². The lowest BCUT2D eigenvalue weighted by Gasteiger charge is -2.24. The first kappa shape index (κ1) is 12.3. The maximum atomic E-state index is 11.9. The van der Waals surface area contributed by atoms with E-state index in [4.69, 9.17) is 0 Å². The molecule has 3 heteroatoms. The third kappa shape index (κ3) is 2.14. The minimum absolute atomic E-state index is 0.0368. The molecule has 3 rings (SSSR count). The average molecular weight is 256 g/mol. The van der Waals surface area contributed by atoms with E-state index in [2.05, 4.69) is 28.5 Å². The van der Waals surface area contributed by atoms with Crippen molar-refractivity contribution in [2.45, 2.75) is 39.2 Å². The van der Waals surface area contributed by atoms with E-state index >= 15 is 0 Å². The maximum absolute atomic E-state index is 11.9. The number of amides is 1. The molecule has 100 valence electrons. The number of aromatic nitrogens is 1. The number of H-pyrrole nitrogens is 1. The largest absolute Gasteiger partial charge is 0.356 e. The molecule has 1 aromatic carbocycles. The van der Waals surface area contributed by atoms with Gasteiger partial charge in [-0.25, -0.2) is 0 Å². The zero-order valence-corrected chi connectivity index (χ0v) is 11.5. The first-order valence-corrected chi connectivity index (χ1v) is 7.06. The Labute approximate surface area is 113 Å². The highest BCUT2D eigenvalue weighted by molar-refractivity contribution is 5.85. The minimum atomic E-state index is 0.0368. The van der Waals surface area contributed by atoms with Gasteiger partial charge < -0.3 is 10.3 Å². The second kappa shape index (κ2) is 4.72. The second-order valence-electron chi connectivity index (χ2n) is 5.67. The molecule has 2 N–H and O–H groups in total. The highest BCUT2D eigenvalue weighted by Crippen LogP contribution is 2.34. The summed E-state index contributed by atoms with van der Waals surface area (Å²) in [6.45, 7) is 3.87. The van der Waals surface area contributed by atoms with Crippen LogP contribution in [0.3, 0.4) is 0 Å². The van der Waals surface area contributed by atoms with Crippen molar-refractivity contribution < 1.29 is 4.79 Å². The summed E-state index contributed by atoms with van der Waals surface area (Å²) in [5, 5.41) is 4.47. The maximum Gasteiger partial charge on any atom is 0.223 e. The molecule has 1 atom stereocenters. The van der Waals surface area contributed by atoms with Gasteiger partial charge >= 0.3 is 0 Å². The van der Waals surface area contributed by atoms with Crippen molar-refractivity contribution in [2.75, 3.05) is 0 Å². The molecule has 0 fully saturated rings. The van der Waals surface area contributed by atoms with E-state index in [-0.39, 0.29) is 17.9 Å². The fourth-order valence-electron chi connectivity index (χ4n) is 2.90. The molecule has 1 amide bonds. The fraction of sp³-hybridized carbons (Fsp3) is 0.438. The lowest BCUT2D eigenvalue weighted by atomic mass is 9.91. The van der Waals surface area contributed by atoms with Crippen LogP contribution in [0, 0.1) is 5.92 Å². The van der Waals surface area contributed by atoms with Gasteiger partial charge in [0.05, 0.1) is 6.04 Å². The number of aryl methyl sites for hydroxylation is 1. The number of hydrogen-bond acceptors (Lipinski definition) is 1. The molecule has 0 spiro atoms. The first-order chi connectivity index (χ1) is 9.16. The van der Waals surface area contributed by atoms with Crippen LogP contribution < -0.4 is 5.32 Å². The van der Waals surface area contributed by atoms with E-state index < -0.39 is 0 Å². The van der Waals surface area contributed by atoms with Gasteiger partial charge in [0.15, 0.2) is 0 Å². The monoisotopic (exact) mass is 256 g/mol. The van der Waals surface area contributed by atoms with E-state index in [9.17, 15) is 4.79 Å². The van der Waals surface area contributed by atoms with Crippen molar-refractivity contribution >= 4 is 16.8 Å². The summed E-state index contributed by atoms with van der Waals surface area (Å²) in [5.41, 5.74) is 3.77. The topological polar surface area (TPSA) is 44.9 Å². The van der Waals surface area contributed by atoms with Gasteiger partial charge in [0.2, 0.25) is 5.91 Å². The molecule has 0 saturated heterocycles. The molecule has 1 heterocycles. The van der Waals surface area contributed by atoms with Gasteiger partial charge in [-0.15, -0.1) is 0 Å². The molecule has 19 heavy (non-hydrogen) atoms. The Morgan fingerprint density at radius 1 is 1.37 bits per heavy atom. The van der Waals surface area contributed by atoms with Crippen molar-refractivity contribution in [2.24, 2.45) is 5.92 Å². The Hall–Kier alpha value is -1.77. The van der Waals surface area contributed by atoms with Crippen molar-refractivity contribution in [3.8, 4) is 0 Å². The van der Waals surface area contributed by atoms with E-state index in [1.54, 1.807) is 0 Å². The molecule has 1 aliphatic rings. The third-order valence-electron chi connectivity index (χ3n) is 3.96. The zero-order chi connectivity index (χ0) is 13.4. The summed E-state index contributed by atoms with van der Waals surface area (Å²) in [6.07, 6.45) is 3.27. The van der Waals surface area contributed by atoms with Crippen LogP contribution in [0.2, 0.25) is 0 Å². The number of fused-ring (bicyclic) bond motifs is 3. The van der Waals surface area contributed by atoms with Crippen molar-refractivity contribution in [3.05, 3.63) is 35.5 Å². The van der Waals surface area contributed by atoms with Crippen molar-refractivity contribution in [3.63, 3.8) is 0 Å². The van der Waals surface area contributed by atoms with Crippen LogP contribution in [0.25, 0.3) is 10.9 Å². The quantitative estimate of drug-likeness (QED) is 0.850. The van der Waals surface area contributed by atoms with E-state index in [1.807, 2.05) is 19.9 Å². The SMILES string of the molecule is CC(C)C(=O)NC1CCCc2c1[nH]c1ccccc21. The summed E-state index contributed by atoms with van der Waals surface area (Å²) in [6, 6.07) is 8.54. The molecular weight excluding hydrogens is 236 g/mol. The molecule has 1 unspecified atom stereocenters. The summed E-state index contributed by atoms with van der Waals surface area (Å²) in [5.74, 6) is 0.172. The predicted octanol–water partition coefficient (Wildman–Crippen LogP) is 3.32. The van der Waals surface area contributed by atoms with E-state index in [0.29, 0.717) is 0 Å². The fourth-order valence-corrected chi connectivity index (χ4v) is 2.90. The van der Waals surface area contributed by atoms with E-state index in [0.717, 1.165) is 19.3 Å². The van der Waals surface area contributed by atoms with Gasteiger partial charge in [-0.1, -0.05) is 32.0 Å². The summed E-state index contributed by atoms with van der Waals surface area (Å²) < 4.78 is 0. The molecular formula is C16H20N2O. The van der Waals surface area contributed by atoms with Crippen LogP contribution in [0.4, 0.5) is 0 Å². The average Bonchev–Trinajstić information content (AvgIpc) is 2.78. The first-order valence-electron chi connectivity index (χ1n) is 7.06. The Morgan fingerprint density at radius 3 is 2.95 bits per heavy atom. The Kier molecular flexibility index (Phi) is 3.05. The Morgan fingerprint density at radius 2 is 2.16 bits per heavy atom. The zero-order valence-electron chi connectivity index (χ0n) is 11.5. The van der Waals surface area contributed by atoms with Crippen LogP contribution in [0.5, 0.6) is 0 Å². The van der Waals surface area contributed by atoms with Crippen LogP contribution in [-0.4, -0.2) is 10.9 Å².